The second kappa shape index (κ2) is 6.26. The largest absolute Gasteiger partial charge is 0.381 e. The highest BCUT2D eigenvalue weighted by atomic mass is 35.5. The van der Waals surface area contributed by atoms with E-state index in [1.807, 2.05) is 0 Å². The van der Waals surface area contributed by atoms with Gasteiger partial charge in [-0.25, -0.2) is 0 Å². The van der Waals surface area contributed by atoms with Crippen LogP contribution in [0.5, 0.6) is 0 Å². The fraction of sp³-hybridized carbons (Fsp3) is 0.600. The van der Waals surface area contributed by atoms with Crippen LogP contribution in [-0.4, -0.2) is 41.3 Å². The maximum absolute atomic E-state index is 11.1. The molecule has 0 radical (unpaired) electrons. The van der Waals surface area contributed by atoms with Crippen LogP contribution in [-0.2, 0) is 0 Å². The van der Waals surface area contributed by atoms with E-state index in [0.29, 0.717) is 28.0 Å². The van der Waals surface area contributed by atoms with Gasteiger partial charge >= 0.3 is 0 Å². The van der Waals surface area contributed by atoms with Gasteiger partial charge in [-0.1, -0.05) is 11.6 Å². The van der Waals surface area contributed by atoms with E-state index in [4.69, 9.17) is 11.6 Å². The number of fused-ring (bicyclic) bond motifs is 2. The fourth-order valence-electron chi connectivity index (χ4n) is 3.67. The number of benzene rings is 1. The molecule has 0 aromatic heterocycles. The molecule has 2 saturated heterocycles. The Bertz CT molecular complexity index is 584. The molecule has 7 heteroatoms. The van der Waals surface area contributed by atoms with E-state index in [9.17, 15) is 10.1 Å². The van der Waals surface area contributed by atoms with Gasteiger partial charge in [0.05, 0.1) is 9.95 Å². The van der Waals surface area contributed by atoms with Crippen LogP contribution in [0.1, 0.15) is 25.7 Å². The highest BCUT2D eigenvalue weighted by molar-refractivity contribution is 8.00. The van der Waals surface area contributed by atoms with Gasteiger partial charge < -0.3 is 10.2 Å². The molecular weight excluding hydrogens is 322 g/mol. The average Bonchev–Trinajstić information content (AvgIpc) is 2.71. The molecule has 22 heavy (non-hydrogen) atoms. The van der Waals surface area contributed by atoms with Crippen LogP contribution in [0.2, 0.25) is 5.02 Å². The van der Waals surface area contributed by atoms with Gasteiger partial charge in [0, 0.05) is 35.3 Å². The molecule has 0 aliphatic carbocycles. The Labute approximate surface area is 139 Å². The third kappa shape index (κ3) is 2.79. The Hall–Kier alpha value is -0.980. The molecule has 0 amide bonds. The number of anilines is 1. The van der Waals surface area contributed by atoms with Gasteiger partial charge in [0.1, 0.15) is 5.69 Å². The maximum atomic E-state index is 11.1. The molecule has 0 spiro atoms. The lowest BCUT2D eigenvalue weighted by Crippen LogP contribution is -2.40. The molecular formula is C15H20ClN3O2S. The van der Waals surface area contributed by atoms with Crippen molar-refractivity contribution in [2.45, 2.75) is 47.9 Å². The molecule has 3 rings (SSSR count). The zero-order chi connectivity index (χ0) is 15.9. The predicted molar refractivity (Wildman–Crippen MR) is 91.1 cm³/mol. The van der Waals surface area contributed by atoms with Gasteiger partial charge in [0.2, 0.25) is 0 Å². The number of nitrogens with zero attached hydrogens (tertiary/aromatic N) is 2. The van der Waals surface area contributed by atoms with Crippen molar-refractivity contribution in [3.8, 4) is 0 Å². The summed E-state index contributed by atoms with van der Waals surface area (Å²) >= 11 is 8.17. The fourth-order valence-corrected chi connectivity index (χ4v) is 5.40. The van der Waals surface area contributed by atoms with E-state index in [1.165, 1.54) is 25.7 Å². The maximum Gasteiger partial charge on any atom is 0.293 e. The van der Waals surface area contributed by atoms with E-state index >= 15 is 0 Å². The number of hydrogen-bond acceptors (Lipinski definition) is 5. The first-order chi connectivity index (χ1) is 10.5. The quantitative estimate of drug-likeness (QED) is 0.662. The Kier molecular flexibility index (Phi) is 4.52. The van der Waals surface area contributed by atoms with Gasteiger partial charge in [-0.15, -0.1) is 11.8 Å². The minimum Gasteiger partial charge on any atom is -0.381 e. The third-order valence-corrected chi connectivity index (χ3v) is 6.70. The Morgan fingerprint density at radius 2 is 2.00 bits per heavy atom. The highest BCUT2D eigenvalue weighted by Crippen LogP contribution is 2.45. The van der Waals surface area contributed by atoms with Crippen LogP contribution in [0, 0.1) is 10.1 Å². The Morgan fingerprint density at radius 3 is 2.55 bits per heavy atom. The van der Waals surface area contributed by atoms with Crippen molar-refractivity contribution in [2.24, 2.45) is 0 Å². The molecule has 2 aliphatic rings. The molecule has 2 fully saturated rings. The van der Waals surface area contributed by atoms with Crippen molar-refractivity contribution in [3.05, 3.63) is 27.3 Å². The topological polar surface area (TPSA) is 58.4 Å². The molecule has 2 atom stereocenters. The summed E-state index contributed by atoms with van der Waals surface area (Å²) in [6.07, 6.45) is 4.90. The van der Waals surface area contributed by atoms with Crippen LogP contribution >= 0.6 is 23.4 Å². The molecule has 2 bridgehead atoms. The van der Waals surface area contributed by atoms with Crippen molar-refractivity contribution < 1.29 is 4.92 Å². The van der Waals surface area contributed by atoms with Gasteiger partial charge in [0.15, 0.2) is 0 Å². The van der Waals surface area contributed by atoms with Crippen molar-refractivity contribution in [3.63, 3.8) is 0 Å². The summed E-state index contributed by atoms with van der Waals surface area (Å²) in [7, 11) is 3.89. The van der Waals surface area contributed by atoms with Crippen LogP contribution in [0.4, 0.5) is 11.4 Å². The molecule has 0 saturated carbocycles. The Balaban J connectivity index is 1.80. The van der Waals surface area contributed by atoms with E-state index < -0.39 is 4.92 Å². The monoisotopic (exact) mass is 341 g/mol. The molecule has 2 unspecified atom stereocenters. The molecule has 1 aromatic carbocycles. The minimum atomic E-state index is -0.401. The normalized spacial score (nSPS) is 27.9. The van der Waals surface area contributed by atoms with Crippen LogP contribution < -0.4 is 5.32 Å². The van der Waals surface area contributed by atoms with Crippen LogP contribution in [0.3, 0.4) is 0 Å². The zero-order valence-electron chi connectivity index (χ0n) is 12.7. The van der Waals surface area contributed by atoms with Crippen LogP contribution in [0.15, 0.2) is 17.0 Å². The number of nitro groups is 1. The van der Waals surface area contributed by atoms with Crippen molar-refractivity contribution in [2.75, 3.05) is 19.4 Å². The van der Waals surface area contributed by atoms with Gasteiger partial charge in [-0.05, 0) is 38.8 Å². The second-order valence-corrected chi connectivity index (χ2v) is 7.76. The van der Waals surface area contributed by atoms with E-state index in [-0.39, 0.29) is 5.69 Å². The van der Waals surface area contributed by atoms with Crippen LogP contribution in [0.25, 0.3) is 0 Å². The summed E-state index contributed by atoms with van der Waals surface area (Å²) < 4.78 is 0. The first-order valence-corrected chi connectivity index (χ1v) is 8.80. The van der Waals surface area contributed by atoms with E-state index in [2.05, 4.69) is 17.3 Å². The Morgan fingerprint density at radius 1 is 1.36 bits per heavy atom. The van der Waals surface area contributed by atoms with Gasteiger partial charge in [0.25, 0.3) is 5.69 Å². The van der Waals surface area contributed by atoms with E-state index in [1.54, 1.807) is 30.9 Å². The summed E-state index contributed by atoms with van der Waals surface area (Å²) in [6.45, 7) is 0. The SMILES string of the molecule is CNc1c([N+](=O)[O-])ccc(SC2CC3CCC(C2)N3C)c1Cl. The lowest BCUT2D eigenvalue weighted by atomic mass is 10.0. The molecule has 1 N–H and O–H groups in total. The standard InChI is InChI=1S/C15H20ClN3O2S/c1-17-15-12(19(20)21)5-6-13(14(15)16)22-11-7-9-3-4-10(8-11)18(9)2/h5-6,9-11,17H,3-4,7-8H2,1-2H3. The molecule has 120 valence electrons. The number of nitrogens with one attached hydrogen (secondary N) is 1. The molecule has 2 aliphatic heterocycles. The highest BCUT2D eigenvalue weighted by Gasteiger charge is 2.39. The summed E-state index contributed by atoms with van der Waals surface area (Å²) in [6, 6.07) is 4.68. The number of halogens is 1. The van der Waals surface area contributed by atoms with E-state index in [0.717, 1.165) is 4.90 Å². The molecule has 5 nitrogen and oxygen atoms in total. The number of piperidine rings is 1. The summed E-state index contributed by atoms with van der Waals surface area (Å²) in [5.41, 5.74) is 0.438. The smallest absolute Gasteiger partial charge is 0.293 e. The number of hydrogen-bond donors (Lipinski definition) is 1. The summed E-state index contributed by atoms with van der Waals surface area (Å²) in [5.74, 6) is 0. The number of nitro benzene ring substituents is 1. The number of thioether (sulfide) groups is 1. The van der Waals surface area contributed by atoms with Crippen molar-refractivity contribution in [1.29, 1.82) is 0 Å². The summed E-state index contributed by atoms with van der Waals surface area (Å²) in [4.78, 5) is 14.1. The average molecular weight is 342 g/mol. The predicted octanol–water partition coefficient (Wildman–Crippen LogP) is 4.01. The lowest BCUT2D eigenvalue weighted by Gasteiger charge is -2.36. The van der Waals surface area contributed by atoms with Crippen molar-refractivity contribution >= 4 is 34.7 Å². The minimum absolute atomic E-state index is 0.0281. The molecule has 1 aromatic rings. The lowest BCUT2D eigenvalue weighted by molar-refractivity contribution is -0.384. The number of rotatable bonds is 4. The second-order valence-electron chi connectivity index (χ2n) is 6.04. The summed E-state index contributed by atoms with van der Waals surface area (Å²) in [5, 5.41) is 14.9. The van der Waals surface area contributed by atoms with Gasteiger partial charge in [-0.3, -0.25) is 10.1 Å². The van der Waals surface area contributed by atoms with Gasteiger partial charge in [-0.2, -0.15) is 0 Å². The zero-order valence-corrected chi connectivity index (χ0v) is 14.3. The third-order valence-electron chi connectivity index (χ3n) is 4.88. The molecule has 2 heterocycles. The van der Waals surface area contributed by atoms with Crippen molar-refractivity contribution in [1.82, 2.24) is 4.90 Å². The first-order valence-electron chi connectivity index (χ1n) is 7.54. The first kappa shape index (κ1) is 15.9.